The number of rotatable bonds is 5. The highest BCUT2D eigenvalue weighted by Crippen LogP contribution is 2.21. The summed E-state index contributed by atoms with van der Waals surface area (Å²) in [5.41, 5.74) is 1.54. The first-order valence-corrected chi connectivity index (χ1v) is 6.81. The largest absolute Gasteiger partial charge is 0.367 e. The van der Waals surface area contributed by atoms with Crippen molar-refractivity contribution >= 4 is 16.7 Å². The summed E-state index contributed by atoms with van der Waals surface area (Å²) in [6.07, 6.45) is 3.46. The van der Waals surface area contributed by atoms with Crippen molar-refractivity contribution in [1.82, 2.24) is 4.98 Å². The van der Waals surface area contributed by atoms with Gasteiger partial charge in [-0.2, -0.15) is 5.26 Å². The number of anilines is 1. The summed E-state index contributed by atoms with van der Waals surface area (Å²) in [6.45, 7) is 4.31. The Morgan fingerprint density at radius 2 is 2.16 bits per heavy atom. The van der Waals surface area contributed by atoms with Crippen LogP contribution >= 0.6 is 0 Å². The Kier molecular flexibility index (Phi) is 4.35. The van der Waals surface area contributed by atoms with Crippen molar-refractivity contribution in [3.05, 3.63) is 35.9 Å². The number of para-hydroxylation sites is 1. The number of nitriles is 1. The van der Waals surface area contributed by atoms with E-state index in [1.165, 1.54) is 12.8 Å². The summed E-state index contributed by atoms with van der Waals surface area (Å²) in [5.74, 6) is 0.699. The van der Waals surface area contributed by atoms with Crippen LogP contribution in [-0.4, -0.2) is 11.0 Å². The van der Waals surface area contributed by atoms with Crippen molar-refractivity contribution in [2.45, 2.75) is 39.2 Å². The van der Waals surface area contributed by atoms with Gasteiger partial charge in [0.1, 0.15) is 11.9 Å². The molecule has 0 saturated heterocycles. The van der Waals surface area contributed by atoms with Crippen LogP contribution in [-0.2, 0) is 0 Å². The summed E-state index contributed by atoms with van der Waals surface area (Å²) in [7, 11) is 0. The second kappa shape index (κ2) is 6.19. The molecule has 1 aromatic heterocycles. The zero-order chi connectivity index (χ0) is 13.7. The molecule has 0 fully saturated rings. The molecule has 0 aliphatic carbocycles. The van der Waals surface area contributed by atoms with Crippen molar-refractivity contribution < 1.29 is 0 Å². The highest BCUT2D eigenvalue weighted by molar-refractivity contribution is 5.82. The van der Waals surface area contributed by atoms with Crippen LogP contribution in [0.25, 0.3) is 10.9 Å². The van der Waals surface area contributed by atoms with Crippen LogP contribution in [0.5, 0.6) is 0 Å². The normalized spacial score (nSPS) is 12.1. The van der Waals surface area contributed by atoms with E-state index in [4.69, 9.17) is 0 Å². The zero-order valence-electron chi connectivity index (χ0n) is 11.5. The number of aromatic nitrogens is 1. The summed E-state index contributed by atoms with van der Waals surface area (Å²) < 4.78 is 0. The lowest BCUT2D eigenvalue weighted by atomic mass is 10.1. The number of fused-ring (bicyclic) bond motifs is 1. The van der Waals surface area contributed by atoms with Crippen molar-refractivity contribution in [2.24, 2.45) is 0 Å². The van der Waals surface area contributed by atoms with Gasteiger partial charge in [0.2, 0.25) is 0 Å². The summed E-state index contributed by atoms with van der Waals surface area (Å²) in [6, 6.07) is 12.3. The number of pyridine rings is 1. The number of hydrogen-bond acceptors (Lipinski definition) is 3. The first-order valence-electron chi connectivity index (χ1n) is 6.81. The molecule has 0 bridgehead atoms. The topological polar surface area (TPSA) is 48.7 Å². The maximum absolute atomic E-state index is 9.24. The molecule has 19 heavy (non-hydrogen) atoms. The molecular weight excluding hydrogens is 234 g/mol. The molecule has 0 saturated carbocycles. The van der Waals surface area contributed by atoms with Crippen LogP contribution in [0.4, 0.5) is 5.82 Å². The molecule has 0 aliphatic rings. The minimum atomic E-state index is 0.334. The molecule has 1 N–H and O–H groups in total. The van der Waals surface area contributed by atoms with Gasteiger partial charge >= 0.3 is 0 Å². The lowest BCUT2D eigenvalue weighted by Crippen LogP contribution is -2.16. The van der Waals surface area contributed by atoms with E-state index in [-0.39, 0.29) is 0 Å². The number of nitrogens with one attached hydrogen (secondary N) is 1. The first-order chi connectivity index (χ1) is 9.24. The number of benzene rings is 1. The Labute approximate surface area is 114 Å². The van der Waals surface area contributed by atoms with Crippen LogP contribution in [0.2, 0.25) is 0 Å². The Morgan fingerprint density at radius 3 is 2.89 bits per heavy atom. The Balaban J connectivity index is 2.28. The van der Waals surface area contributed by atoms with Gasteiger partial charge < -0.3 is 5.32 Å². The van der Waals surface area contributed by atoms with E-state index in [9.17, 15) is 5.26 Å². The molecule has 0 spiro atoms. The monoisotopic (exact) mass is 253 g/mol. The summed E-state index contributed by atoms with van der Waals surface area (Å²) in [4.78, 5) is 4.56. The third-order valence-electron chi connectivity index (χ3n) is 3.22. The molecule has 0 aliphatic heterocycles. The van der Waals surface area contributed by atoms with Crippen LogP contribution < -0.4 is 5.32 Å². The van der Waals surface area contributed by atoms with E-state index >= 15 is 0 Å². The predicted molar refractivity (Wildman–Crippen MR) is 79.1 cm³/mol. The lowest BCUT2D eigenvalue weighted by Gasteiger charge is -2.15. The molecule has 1 unspecified atom stereocenters. The van der Waals surface area contributed by atoms with E-state index < -0.39 is 0 Å². The molecule has 1 heterocycles. The number of unbranched alkanes of at least 4 members (excludes halogenated alkanes) is 1. The average Bonchev–Trinajstić information content (AvgIpc) is 2.44. The minimum Gasteiger partial charge on any atom is -0.367 e. The van der Waals surface area contributed by atoms with Gasteiger partial charge in [0.05, 0.1) is 11.1 Å². The average molecular weight is 253 g/mol. The molecule has 3 heteroatoms. The smallest absolute Gasteiger partial charge is 0.144 e. The molecule has 2 aromatic rings. The van der Waals surface area contributed by atoms with Crippen molar-refractivity contribution in [3.63, 3.8) is 0 Å². The van der Waals surface area contributed by atoms with Crippen molar-refractivity contribution in [2.75, 3.05) is 5.32 Å². The molecule has 1 atom stereocenters. The highest BCUT2D eigenvalue weighted by Gasteiger charge is 2.09. The minimum absolute atomic E-state index is 0.334. The fraction of sp³-hybridized carbons (Fsp3) is 0.375. The summed E-state index contributed by atoms with van der Waals surface area (Å²) >= 11 is 0. The Morgan fingerprint density at radius 1 is 1.37 bits per heavy atom. The number of nitrogens with zero attached hydrogens (tertiary/aromatic N) is 2. The molecule has 3 nitrogen and oxygen atoms in total. The molecule has 0 amide bonds. The van der Waals surface area contributed by atoms with Gasteiger partial charge in [0.25, 0.3) is 0 Å². The fourth-order valence-corrected chi connectivity index (χ4v) is 2.13. The van der Waals surface area contributed by atoms with Gasteiger partial charge in [-0.25, -0.2) is 4.98 Å². The van der Waals surface area contributed by atoms with Gasteiger partial charge in [0, 0.05) is 11.4 Å². The second-order valence-corrected chi connectivity index (χ2v) is 4.88. The van der Waals surface area contributed by atoms with Crippen LogP contribution in [0.3, 0.4) is 0 Å². The molecule has 0 radical (unpaired) electrons. The van der Waals surface area contributed by atoms with Gasteiger partial charge in [-0.1, -0.05) is 38.0 Å². The SMILES string of the molecule is CCCCC(C)Nc1nc2ccccc2cc1C#N. The van der Waals surface area contributed by atoms with Crippen molar-refractivity contribution in [3.8, 4) is 6.07 Å². The molecular formula is C16H19N3. The third-order valence-corrected chi connectivity index (χ3v) is 3.22. The molecule has 2 rings (SSSR count). The van der Waals surface area contributed by atoms with Crippen LogP contribution in [0.15, 0.2) is 30.3 Å². The van der Waals surface area contributed by atoms with Gasteiger partial charge in [-0.15, -0.1) is 0 Å². The van der Waals surface area contributed by atoms with Gasteiger partial charge in [-0.3, -0.25) is 0 Å². The zero-order valence-corrected chi connectivity index (χ0v) is 11.5. The van der Waals surface area contributed by atoms with E-state index in [0.29, 0.717) is 17.4 Å². The highest BCUT2D eigenvalue weighted by atomic mass is 15.0. The van der Waals surface area contributed by atoms with Gasteiger partial charge in [-0.05, 0) is 25.5 Å². The van der Waals surface area contributed by atoms with E-state index in [0.717, 1.165) is 17.3 Å². The fourth-order valence-electron chi connectivity index (χ4n) is 2.13. The Hall–Kier alpha value is -2.08. The maximum Gasteiger partial charge on any atom is 0.144 e. The summed E-state index contributed by atoms with van der Waals surface area (Å²) in [5, 5.41) is 13.6. The maximum atomic E-state index is 9.24. The third kappa shape index (κ3) is 3.23. The second-order valence-electron chi connectivity index (χ2n) is 4.88. The van der Waals surface area contributed by atoms with E-state index in [1.54, 1.807) is 0 Å². The van der Waals surface area contributed by atoms with E-state index in [1.807, 2.05) is 30.3 Å². The van der Waals surface area contributed by atoms with Crippen molar-refractivity contribution in [1.29, 1.82) is 5.26 Å². The Bertz CT molecular complexity index is 598. The van der Waals surface area contributed by atoms with Crippen LogP contribution in [0.1, 0.15) is 38.7 Å². The molecule has 1 aromatic carbocycles. The predicted octanol–water partition coefficient (Wildman–Crippen LogP) is 4.10. The number of hydrogen-bond donors (Lipinski definition) is 1. The standard InChI is InChI=1S/C16H19N3/c1-3-4-7-12(2)18-16-14(11-17)10-13-8-5-6-9-15(13)19-16/h5-6,8-10,12H,3-4,7H2,1-2H3,(H,18,19). The van der Waals surface area contributed by atoms with Gasteiger partial charge in [0.15, 0.2) is 0 Å². The van der Waals surface area contributed by atoms with E-state index in [2.05, 4.69) is 30.2 Å². The molecule has 98 valence electrons. The quantitative estimate of drug-likeness (QED) is 0.872. The lowest BCUT2D eigenvalue weighted by molar-refractivity contribution is 0.643. The van der Waals surface area contributed by atoms with Crippen LogP contribution in [0, 0.1) is 11.3 Å². The first kappa shape index (κ1) is 13.4.